The molecule has 0 saturated heterocycles. The van der Waals surface area contributed by atoms with Gasteiger partial charge in [0.2, 0.25) is 0 Å². The molecule has 154 valence electrons. The van der Waals surface area contributed by atoms with Crippen LogP contribution in [-0.4, -0.2) is 40.2 Å². The maximum absolute atomic E-state index is 13.7. The summed E-state index contributed by atoms with van der Waals surface area (Å²) in [7, 11) is 0. The lowest BCUT2D eigenvalue weighted by Crippen LogP contribution is -2.32. The highest BCUT2D eigenvalue weighted by atomic mass is 19.4. The van der Waals surface area contributed by atoms with Gasteiger partial charge in [-0.25, -0.2) is 9.97 Å². The fraction of sp³-hybridized carbons (Fsp3) is 0.190. The summed E-state index contributed by atoms with van der Waals surface area (Å²) < 4.78 is 136. The van der Waals surface area contributed by atoms with E-state index in [9.17, 15) is 18.0 Å². The number of aromatic nitrogens is 2. The van der Waals surface area contributed by atoms with Crippen LogP contribution in [0, 0.1) is 0 Å². The number of fused-ring (bicyclic) bond motifs is 1. The maximum Gasteiger partial charge on any atom is 0.573 e. The monoisotopic (exact) mass is 426 g/mol. The molecular weight excluding hydrogens is 399 g/mol. The number of rotatable bonds is 4. The Kier molecular flexibility index (Phi) is 2.78. The van der Waals surface area contributed by atoms with Gasteiger partial charge in [0.25, 0.3) is 5.91 Å². The van der Waals surface area contributed by atoms with Crippen molar-refractivity contribution in [3.8, 4) is 22.6 Å². The van der Waals surface area contributed by atoms with Crippen LogP contribution in [0.4, 0.5) is 13.2 Å². The van der Waals surface area contributed by atoms with Crippen LogP contribution in [0.2, 0.25) is 0 Å². The Hall–Kier alpha value is -3.62. The van der Waals surface area contributed by atoms with E-state index in [1.54, 1.807) is 0 Å². The molecule has 4 rings (SSSR count). The second kappa shape index (κ2) is 8.02. The summed E-state index contributed by atoms with van der Waals surface area (Å²) in [5.74, 6) is -4.00. The van der Waals surface area contributed by atoms with Crippen LogP contribution in [0.15, 0.2) is 60.8 Å². The molecule has 0 bridgehead atoms. The molecule has 1 amide bonds. The highest BCUT2D eigenvalue weighted by Gasteiger charge is 2.31. The topological polar surface area (TPSA) is 64.6 Å². The van der Waals surface area contributed by atoms with Gasteiger partial charge in [0, 0.05) is 12.3 Å². The average Bonchev–Trinajstić information content (AvgIpc) is 2.96. The van der Waals surface area contributed by atoms with Crippen molar-refractivity contribution in [3.05, 3.63) is 72.1 Å². The summed E-state index contributed by atoms with van der Waals surface area (Å²) in [6.07, 6.45) is -7.02. The average molecular weight is 426 g/mol. The lowest BCUT2D eigenvalue weighted by atomic mass is 10.0. The van der Waals surface area contributed by atoms with E-state index >= 15 is 0 Å². The van der Waals surface area contributed by atoms with Crippen molar-refractivity contribution in [2.75, 3.05) is 13.1 Å². The van der Waals surface area contributed by atoms with Gasteiger partial charge in [-0.3, -0.25) is 4.79 Å². The van der Waals surface area contributed by atoms with E-state index in [0.29, 0.717) is 0 Å². The van der Waals surface area contributed by atoms with Crippen molar-refractivity contribution in [3.63, 3.8) is 0 Å². The zero-order chi connectivity index (χ0) is 30.8. The van der Waals surface area contributed by atoms with Gasteiger partial charge >= 0.3 is 6.36 Å². The third-order valence-electron chi connectivity index (χ3n) is 3.62. The predicted octanol–water partition coefficient (Wildman–Crippen LogP) is 4.08. The summed E-state index contributed by atoms with van der Waals surface area (Å²) in [5.41, 5.74) is -1.32. The van der Waals surface area contributed by atoms with E-state index in [1.165, 1.54) is 0 Å². The fourth-order valence-corrected chi connectivity index (χ4v) is 2.41. The van der Waals surface area contributed by atoms with Crippen LogP contribution in [-0.2, 0) is 6.50 Å². The minimum absolute atomic E-state index is 0.0583. The van der Waals surface area contributed by atoms with Crippen molar-refractivity contribution < 1.29 is 42.5 Å². The number of hydrogen-bond acceptors (Lipinski definition) is 5. The van der Waals surface area contributed by atoms with Crippen LogP contribution in [0.3, 0.4) is 0 Å². The third kappa shape index (κ3) is 4.51. The van der Waals surface area contributed by atoms with E-state index in [1.807, 2.05) is 0 Å². The molecule has 3 aromatic rings. The number of alkyl halides is 3. The Morgan fingerprint density at radius 2 is 1.93 bits per heavy atom. The molecule has 1 aliphatic rings. The third-order valence-corrected chi connectivity index (χ3v) is 3.62. The molecule has 1 aromatic heterocycles. The number of carbonyl (C=O) groups is 1. The van der Waals surface area contributed by atoms with Gasteiger partial charge in [-0.15, -0.1) is 13.2 Å². The second-order valence-electron chi connectivity index (χ2n) is 5.56. The number of hydrogen-bond donors (Lipinski definition) is 0. The molecule has 0 atom stereocenters. The SMILES string of the molecule is [2H]c1nc(C([2H])([2H])N2C(=O)c3cc(-c4c([2H])c([2H])c(OC(F)(F)F)c([2H])c4[2H])ccc3OCC2([2H])[2H])nc([2H])c1[2H]. The van der Waals surface area contributed by atoms with Crippen LogP contribution in [0.5, 0.6) is 11.5 Å². The van der Waals surface area contributed by atoms with E-state index in [0.717, 1.165) is 18.2 Å². The van der Waals surface area contributed by atoms with Crippen molar-refractivity contribution in [1.82, 2.24) is 14.9 Å². The van der Waals surface area contributed by atoms with Gasteiger partial charge in [-0.1, -0.05) is 18.2 Å². The molecule has 0 fully saturated rings. The minimum Gasteiger partial charge on any atom is -0.491 e. The van der Waals surface area contributed by atoms with Crippen molar-refractivity contribution in [1.29, 1.82) is 0 Å². The molecule has 0 N–H and O–H groups in total. The number of amides is 1. The fourth-order valence-electron chi connectivity index (χ4n) is 2.41. The van der Waals surface area contributed by atoms with E-state index in [2.05, 4.69) is 14.7 Å². The lowest BCUT2D eigenvalue weighted by Gasteiger charge is -2.19. The second-order valence-corrected chi connectivity index (χ2v) is 5.56. The highest BCUT2D eigenvalue weighted by Crippen LogP contribution is 2.31. The normalized spacial score (nSPS) is 21.4. The molecule has 0 saturated carbocycles. The van der Waals surface area contributed by atoms with E-state index in [-0.39, 0.29) is 16.2 Å². The highest BCUT2D eigenvalue weighted by molar-refractivity contribution is 5.98. The van der Waals surface area contributed by atoms with E-state index < -0.39 is 97.1 Å². The van der Waals surface area contributed by atoms with Crippen molar-refractivity contribution in [2.45, 2.75) is 12.9 Å². The largest absolute Gasteiger partial charge is 0.573 e. The first-order chi connectivity index (χ1) is 18.8. The maximum atomic E-state index is 13.7. The Morgan fingerprint density at radius 1 is 1.20 bits per heavy atom. The number of nitrogens with zero attached hydrogens (tertiary/aromatic N) is 3. The molecule has 2 heterocycles. The summed E-state index contributed by atoms with van der Waals surface area (Å²) >= 11 is 0. The number of halogens is 3. The molecule has 1 aliphatic heterocycles. The molecule has 6 nitrogen and oxygen atoms in total. The van der Waals surface area contributed by atoms with Crippen molar-refractivity contribution in [2.24, 2.45) is 0 Å². The Balaban J connectivity index is 1.88. The van der Waals surface area contributed by atoms with Gasteiger partial charge in [0.15, 0.2) is 0 Å². The van der Waals surface area contributed by atoms with Crippen molar-refractivity contribution >= 4 is 5.91 Å². The Morgan fingerprint density at radius 3 is 2.63 bits per heavy atom. The number of ether oxygens (including phenoxy) is 2. The first-order valence-corrected chi connectivity index (χ1v) is 8.08. The summed E-state index contributed by atoms with van der Waals surface area (Å²) in [6.45, 7) is -7.04. The summed E-state index contributed by atoms with van der Waals surface area (Å²) in [5, 5.41) is 0. The van der Waals surface area contributed by atoms with Gasteiger partial charge in [-0.2, -0.15) is 0 Å². The van der Waals surface area contributed by atoms with Crippen LogP contribution >= 0.6 is 0 Å². The molecular formula is C21H16F3N3O3. The van der Waals surface area contributed by atoms with Crippen LogP contribution in [0.1, 0.15) is 31.3 Å². The lowest BCUT2D eigenvalue weighted by molar-refractivity contribution is -0.274. The van der Waals surface area contributed by atoms with Gasteiger partial charge in [-0.05, 0) is 41.4 Å². The summed E-state index contributed by atoms with van der Waals surface area (Å²) in [6, 6.07) is -1.81. The smallest absolute Gasteiger partial charge is 0.491 e. The Labute approximate surface area is 185 Å². The standard InChI is InChI=1S/C21H16F3N3O3/c22-21(23,24)30-16-5-2-14(3-6-16)15-4-7-18-17(12-15)20(28)27(10-11-29-18)13-19-25-8-1-9-26-19/h1-9,12H,10-11,13H2/i1D,2D,3D,5D,6D,8D,9D,10D2,13D2. The molecule has 30 heavy (non-hydrogen) atoms. The number of benzene rings is 2. The first kappa shape index (κ1) is 10.4. The zero-order valence-corrected chi connectivity index (χ0v) is 14.6. The molecule has 0 radical (unpaired) electrons. The predicted molar refractivity (Wildman–Crippen MR) is 101 cm³/mol. The van der Waals surface area contributed by atoms with E-state index in [4.69, 9.17) is 19.8 Å². The molecule has 0 unspecified atom stereocenters. The van der Waals surface area contributed by atoms with Gasteiger partial charge < -0.3 is 14.4 Å². The quantitative estimate of drug-likeness (QED) is 0.629. The molecule has 2 aromatic carbocycles. The molecule has 9 heteroatoms. The zero-order valence-electron chi connectivity index (χ0n) is 25.6. The van der Waals surface area contributed by atoms with Crippen LogP contribution in [0.25, 0.3) is 11.1 Å². The number of carbonyl (C=O) groups excluding carboxylic acids is 1. The Bertz CT molecular complexity index is 1540. The molecule has 0 spiro atoms. The summed E-state index contributed by atoms with van der Waals surface area (Å²) in [4.78, 5) is 20.7. The van der Waals surface area contributed by atoms with Gasteiger partial charge in [0.05, 0.1) is 33.6 Å². The molecule has 0 aliphatic carbocycles. The first-order valence-electron chi connectivity index (χ1n) is 13.6. The van der Waals surface area contributed by atoms with Crippen LogP contribution < -0.4 is 9.47 Å². The van der Waals surface area contributed by atoms with Gasteiger partial charge in [0.1, 0.15) is 23.9 Å². The minimum atomic E-state index is -5.31.